The maximum absolute atomic E-state index is 12.7. The van der Waals surface area contributed by atoms with Crippen LogP contribution in [0.3, 0.4) is 0 Å². The molecule has 0 amide bonds. The molecular weight excluding hydrogens is 281 g/mol. The van der Waals surface area contributed by atoms with Gasteiger partial charge >= 0.3 is 6.18 Å². The number of unbranched alkanes of at least 4 members (excludes halogenated alkanes) is 2. The lowest BCUT2D eigenvalue weighted by Crippen LogP contribution is -2.56. The molecular formula is C14H27F3N4. The SMILES string of the molecule is CCCCCNC(=NC)N1CCN(C(C)C(F)(F)F)CC1. The van der Waals surface area contributed by atoms with Crippen molar-refractivity contribution in [1.29, 1.82) is 0 Å². The Morgan fingerprint density at radius 1 is 1.19 bits per heavy atom. The molecule has 1 unspecified atom stereocenters. The van der Waals surface area contributed by atoms with E-state index in [1.165, 1.54) is 18.2 Å². The summed E-state index contributed by atoms with van der Waals surface area (Å²) in [5.74, 6) is 0.797. The number of halogens is 3. The molecule has 1 fully saturated rings. The zero-order chi connectivity index (χ0) is 15.9. The number of rotatable bonds is 5. The molecule has 0 spiro atoms. The van der Waals surface area contributed by atoms with Gasteiger partial charge in [0, 0.05) is 39.8 Å². The first-order valence-corrected chi connectivity index (χ1v) is 7.66. The summed E-state index contributed by atoms with van der Waals surface area (Å²) in [6.07, 6.45) is -0.738. The van der Waals surface area contributed by atoms with Crippen molar-refractivity contribution >= 4 is 5.96 Å². The van der Waals surface area contributed by atoms with Crippen LogP contribution in [0.5, 0.6) is 0 Å². The Hall–Kier alpha value is -0.980. The van der Waals surface area contributed by atoms with E-state index < -0.39 is 12.2 Å². The van der Waals surface area contributed by atoms with Gasteiger partial charge in [0.15, 0.2) is 5.96 Å². The number of hydrogen-bond acceptors (Lipinski definition) is 2. The molecule has 1 heterocycles. The van der Waals surface area contributed by atoms with Crippen LogP contribution in [0.2, 0.25) is 0 Å². The smallest absolute Gasteiger partial charge is 0.356 e. The zero-order valence-corrected chi connectivity index (χ0v) is 13.2. The molecule has 1 saturated heterocycles. The fourth-order valence-corrected chi connectivity index (χ4v) is 2.44. The highest BCUT2D eigenvalue weighted by atomic mass is 19.4. The van der Waals surface area contributed by atoms with Gasteiger partial charge in [0.05, 0.1) is 0 Å². The molecule has 1 atom stereocenters. The first kappa shape index (κ1) is 18.1. The molecule has 1 N–H and O–H groups in total. The normalized spacial score (nSPS) is 19.7. The van der Waals surface area contributed by atoms with Gasteiger partial charge in [-0.15, -0.1) is 0 Å². The summed E-state index contributed by atoms with van der Waals surface area (Å²) in [6, 6.07) is -1.38. The maximum atomic E-state index is 12.7. The van der Waals surface area contributed by atoms with Crippen molar-refractivity contribution in [2.45, 2.75) is 45.3 Å². The number of piperazine rings is 1. The molecule has 124 valence electrons. The van der Waals surface area contributed by atoms with E-state index >= 15 is 0 Å². The number of nitrogens with zero attached hydrogens (tertiary/aromatic N) is 3. The second-order valence-electron chi connectivity index (χ2n) is 5.42. The van der Waals surface area contributed by atoms with Gasteiger partial charge in [-0.3, -0.25) is 9.89 Å². The van der Waals surface area contributed by atoms with Gasteiger partial charge in [0.1, 0.15) is 6.04 Å². The average Bonchev–Trinajstić information content (AvgIpc) is 2.46. The Labute approximate surface area is 125 Å². The summed E-state index contributed by atoms with van der Waals surface area (Å²) in [5.41, 5.74) is 0. The first-order chi connectivity index (χ1) is 9.90. The predicted octanol–water partition coefficient (Wildman–Crippen LogP) is 2.32. The van der Waals surface area contributed by atoms with Gasteiger partial charge < -0.3 is 10.2 Å². The Morgan fingerprint density at radius 3 is 2.29 bits per heavy atom. The summed E-state index contributed by atoms with van der Waals surface area (Å²) in [4.78, 5) is 7.74. The van der Waals surface area contributed by atoms with E-state index in [1.54, 1.807) is 7.05 Å². The van der Waals surface area contributed by atoms with Gasteiger partial charge in [0.25, 0.3) is 0 Å². The summed E-state index contributed by atoms with van der Waals surface area (Å²) >= 11 is 0. The van der Waals surface area contributed by atoms with E-state index in [-0.39, 0.29) is 0 Å². The minimum Gasteiger partial charge on any atom is -0.356 e. The van der Waals surface area contributed by atoms with Crippen LogP contribution in [0.15, 0.2) is 4.99 Å². The Bertz CT molecular complexity index is 323. The lowest BCUT2D eigenvalue weighted by atomic mass is 10.2. The van der Waals surface area contributed by atoms with Gasteiger partial charge in [-0.1, -0.05) is 19.8 Å². The highest BCUT2D eigenvalue weighted by Gasteiger charge is 2.40. The van der Waals surface area contributed by atoms with Crippen molar-refractivity contribution in [3.8, 4) is 0 Å². The van der Waals surface area contributed by atoms with Crippen molar-refractivity contribution in [3.05, 3.63) is 0 Å². The molecule has 1 aliphatic heterocycles. The van der Waals surface area contributed by atoms with Crippen molar-refractivity contribution in [1.82, 2.24) is 15.1 Å². The average molecular weight is 308 g/mol. The number of guanidine groups is 1. The van der Waals surface area contributed by atoms with E-state index in [0.29, 0.717) is 26.2 Å². The maximum Gasteiger partial charge on any atom is 0.403 e. The van der Waals surface area contributed by atoms with Gasteiger partial charge in [-0.25, -0.2) is 0 Å². The number of aliphatic imine (C=N–C) groups is 1. The van der Waals surface area contributed by atoms with Crippen LogP contribution < -0.4 is 5.32 Å². The molecule has 0 aliphatic carbocycles. The van der Waals surface area contributed by atoms with Crippen LogP contribution in [0.1, 0.15) is 33.1 Å². The second-order valence-corrected chi connectivity index (χ2v) is 5.42. The Morgan fingerprint density at radius 2 is 1.81 bits per heavy atom. The van der Waals surface area contributed by atoms with Gasteiger partial charge in [-0.05, 0) is 13.3 Å². The topological polar surface area (TPSA) is 30.9 Å². The van der Waals surface area contributed by atoms with Crippen LogP contribution in [0.4, 0.5) is 13.2 Å². The monoisotopic (exact) mass is 308 g/mol. The molecule has 0 saturated carbocycles. The highest BCUT2D eigenvalue weighted by molar-refractivity contribution is 5.79. The lowest BCUT2D eigenvalue weighted by Gasteiger charge is -2.39. The fourth-order valence-electron chi connectivity index (χ4n) is 2.44. The third-order valence-electron chi connectivity index (χ3n) is 3.91. The lowest BCUT2D eigenvalue weighted by molar-refractivity contribution is -0.181. The third kappa shape index (κ3) is 5.73. The standard InChI is InChI=1S/C14H27F3N4/c1-4-5-6-7-19-13(18-3)21-10-8-20(9-11-21)12(2)14(15,16)17/h12H,4-11H2,1-3H3,(H,18,19). The van der Waals surface area contributed by atoms with E-state index in [2.05, 4.69) is 17.2 Å². The number of alkyl halides is 3. The molecule has 0 radical (unpaired) electrons. The molecule has 0 bridgehead atoms. The van der Waals surface area contributed by atoms with Crippen LogP contribution in [0, 0.1) is 0 Å². The van der Waals surface area contributed by atoms with Crippen molar-refractivity contribution in [2.24, 2.45) is 4.99 Å². The third-order valence-corrected chi connectivity index (χ3v) is 3.91. The molecule has 0 aromatic carbocycles. The minimum absolute atomic E-state index is 0.413. The molecule has 21 heavy (non-hydrogen) atoms. The van der Waals surface area contributed by atoms with E-state index in [4.69, 9.17) is 0 Å². The molecule has 0 aromatic heterocycles. The van der Waals surface area contributed by atoms with Crippen LogP contribution >= 0.6 is 0 Å². The highest BCUT2D eigenvalue weighted by Crippen LogP contribution is 2.25. The van der Waals surface area contributed by atoms with E-state index in [1.807, 2.05) is 4.90 Å². The first-order valence-electron chi connectivity index (χ1n) is 7.66. The van der Waals surface area contributed by atoms with Crippen molar-refractivity contribution in [2.75, 3.05) is 39.8 Å². The Balaban J connectivity index is 2.40. The van der Waals surface area contributed by atoms with Crippen molar-refractivity contribution in [3.63, 3.8) is 0 Å². The van der Waals surface area contributed by atoms with Gasteiger partial charge in [0.2, 0.25) is 0 Å². The molecule has 4 nitrogen and oxygen atoms in total. The number of hydrogen-bond donors (Lipinski definition) is 1. The van der Waals surface area contributed by atoms with E-state index in [0.717, 1.165) is 25.3 Å². The van der Waals surface area contributed by atoms with Gasteiger partial charge in [-0.2, -0.15) is 13.2 Å². The van der Waals surface area contributed by atoms with Crippen LogP contribution in [0.25, 0.3) is 0 Å². The molecule has 7 heteroatoms. The van der Waals surface area contributed by atoms with Crippen molar-refractivity contribution < 1.29 is 13.2 Å². The Kier molecular flexibility index (Phi) is 7.28. The van der Waals surface area contributed by atoms with E-state index in [9.17, 15) is 13.2 Å². The fraction of sp³-hybridized carbons (Fsp3) is 0.929. The summed E-state index contributed by atoms with van der Waals surface area (Å²) in [5, 5.41) is 3.28. The summed E-state index contributed by atoms with van der Waals surface area (Å²) in [7, 11) is 1.72. The minimum atomic E-state index is -4.15. The quantitative estimate of drug-likeness (QED) is 0.480. The molecule has 1 aliphatic rings. The predicted molar refractivity (Wildman–Crippen MR) is 79.5 cm³/mol. The second kappa shape index (κ2) is 8.46. The zero-order valence-electron chi connectivity index (χ0n) is 13.2. The van der Waals surface area contributed by atoms with Crippen LogP contribution in [-0.2, 0) is 0 Å². The molecule has 1 rings (SSSR count). The summed E-state index contributed by atoms with van der Waals surface area (Å²) in [6.45, 7) is 6.22. The summed E-state index contributed by atoms with van der Waals surface area (Å²) < 4.78 is 38.1. The van der Waals surface area contributed by atoms with Crippen LogP contribution in [-0.4, -0.2) is 67.7 Å². The number of nitrogens with one attached hydrogen (secondary N) is 1. The largest absolute Gasteiger partial charge is 0.403 e. The molecule has 0 aromatic rings.